The van der Waals surface area contributed by atoms with Gasteiger partial charge in [0, 0.05) is 12.6 Å². The third-order valence-corrected chi connectivity index (χ3v) is 2.76. The summed E-state index contributed by atoms with van der Waals surface area (Å²) in [6.45, 7) is 2.86. The summed E-state index contributed by atoms with van der Waals surface area (Å²) in [4.78, 5) is 23.6. The Morgan fingerprint density at radius 1 is 1.25 bits per heavy atom. The topological polar surface area (TPSA) is 63.4 Å². The molecule has 0 saturated carbocycles. The van der Waals surface area contributed by atoms with Crippen LogP contribution in [-0.2, 0) is 22.3 Å². The summed E-state index contributed by atoms with van der Waals surface area (Å²) in [6, 6.07) is 4.46. The number of alkyl halides is 3. The third kappa shape index (κ3) is 3.72. The first-order valence-electron chi connectivity index (χ1n) is 5.90. The molecule has 4 nitrogen and oxygen atoms in total. The molecule has 0 aliphatic rings. The van der Waals surface area contributed by atoms with Crippen molar-refractivity contribution in [2.24, 2.45) is 5.73 Å². The SMILES string of the molecule is CC(C)N(Cc1ccccc1C(F)(F)F)C(=O)C(N)=O. The van der Waals surface area contributed by atoms with E-state index in [2.05, 4.69) is 0 Å². The second kappa shape index (κ2) is 5.94. The first-order valence-corrected chi connectivity index (χ1v) is 5.90. The number of primary amides is 1. The predicted octanol–water partition coefficient (Wildman–Crippen LogP) is 1.93. The van der Waals surface area contributed by atoms with Gasteiger partial charge in [0.1, 0.15) is 0 Å². The lowest BCUT2D eigenvalue weighted by Gasteiger charge is -2.26. The molecule has 0 atom stereocenters. The zero-order valence-electron chi connectivity index (χ0n) is 11.1. The molecule has 0 saturated heterocycles. The van der Waals surface area contributed by atoms with Gasteiger partial charge in [-0.1, -0.05) is 18.2 Å². The van der Waals surface area contributed by atoms with Crippen LogP contribution in [-0.4, -0.2) is 22.8 Å². The molecule has 0 aliphatic heterocycles. The normalized spacial score (nSPS) is 11.5. The van der Waals surface area contributed by atoms with Crippen LogP contribution in [0.1, 0.15) is 25.0 Å². The van der Waals surface area contributed by atoms with Crippen molar-refractivity contribution in [2.75, 3.05) is 0 Å². The highest BCUT2D eigenvalue weighted by molar-refractivity contribution is 6.34. The van der Waals surface area contributed by atoms with Gasteiger partial charge in [-0.2, -0.15) is 13.2 Å². The maximum Gasteiger partial charge on any atom is 0.416 e. The van der Waals surface area contributed by atoms with Crippen molar-refractivity contribution in [1.82, 2.24) is 4.90 Å². The van der Waals surface area contributed by atoms with Crippen molar-refractivity contribution in [3.05, 3.63) is 35.4 Å². The van der Waals surface area contributed by atoms with E-state index in [-0.39, 0.29) is 12.1 Å². The highest BCUT2D eigenvalue weighted by Crippen LogP contribution is 2.32. The molecule has 110 valence electrons. The van der Waals surface area contributed by atoms with Crippen LogP contribution in [0.4, 0.5) is 13.2 Å². The van der Waals surface area contributed by atoms with E-state index < -0.39 is 29.6 Å². The number of halogens is 3. The second-order valence-corrected chi connectivity index (χ2v) is 4.55. The van der Waals surface area contributed by atoms with Crippen molar-refractivity contribution in [2.45, 2.75) is 32.6 Å². The largest absolute Gasteiger partial charge is 0.416 e. The smallest absolute Gasteiger partial charge is 0.361 e. The van der Waals surface area contributed by atoms with E-state index in [1.165, 1.54) is 18.2 Å². The molecular formula is C13H15F3N2O2. The highest BCUT2D eigenvalue weighted by atomic mass is 19.4. The van der Waals surface area contributed by atoms with Gasteiger partial charge in [0.15, 0.2) is 0 Å². The van der Waals surface area contributed by atoms with Gasteiger partial charge in [0.05, 0.1) is 5.56 Å². The first kappa shape index (κ1) is 16.0. The van der Waals surface area contributed by atoms with E-state index >= 15 is 0 Å². The minimum Gasteiger partial charge on any atom is -0.361 e. The van der Waals surface area contributed by atoms with E-state index in [1.807, 2.05) is 0 Å². The fraction of sp³-hybridized carbons (Fsp3) is 0.385. The summed E-state index contributed by atoms with van der Waals surface area (Å²) in [6.07, 6.45) is -4.52. The van der Waals surface area contributed by atoms with Gasteiger partial charge in [-0.25, -0.2) is 0 Å². The molecule has 0 spiro atoms. The Balaban J connectivity index is 3.13. The number of nitrogens with zero attached hydrogens (tertiary/aromatic N) is 1. The summed E-state index contributed by atoms with van der Waals surface area (Å²) in [5.74, 6) is -2.19. The molecule has 0 bridgehead atoms. The third-order valence-electron chi connectivity index (χ3n) is 2.76. The summed E-state index contributed by atoms with van der Waals surface area (Å²) in [5, 5.41) is 0. The van der Waals surface area contributed by atoms with Crippen LogP contribution in [0.25, 0.3) is 0 Å². The number of carbonyl (C=O) groups is 2. The number of rotatable bonds is 3. The zero-order valence-corrected chi connectivity index (χ0v) is 11.1. The fourth-order valence-corrected chi connectivity index (χ4v) is 1.75. The lowest BCUT2D eigenvalue weighted by atomic mass is 10.1. The van der Waals surface area contributed by atoms with E-state index in [9.17, 15) is 22.8 Å². The Labute approximate surface area is 114 Å². The van der Waals surface area contributed by atoms with E-state index in [1.54, 1.807) is 13.8 Å². The predicted molar refractivity (Wildman–Crippen MR) is 66.3 cm³/mol. The molecule has 0 fully saturated rings. The van der Waals surface area contributed by atoms with Crippen molar-refractivity contribution in [1.29, 1.82) is 0 Å². The van der Waals surface area contributed by atoms with Gasteiger partial charge in [-0.05, 0) is 25.5 Å². The van der Waals surface area contributed by atoms with Gasteiger partial charge in [0.2, 0.25) is 0 Å². The maximum absolute atomic E-state index is 12.9. The number of benzene rings is 1. The van der Waals surface area contributed by atoms with Crippen LogP contribution < -0.4 is 5.73 Å². The minimum atomic E-state index is -4.52. The molecule has 20 heavy (non-hydrogen) atoms. The van der Waals surface area contributed by atoms with E-state index in [0.29, 0.717) is 0 Å². The van der Waals surface area contributed by atoms with Gasteiger partial charge < -0.3 is 10.6 Å². The molecular weight excluding hydrogens is 273 g/mol. The summed E-state index contributed by atoms with van der Waals surface area (Å²) in [5.41, 5.74) is 3.99. The molecule has 0 heterocycles. The molecule has 2 amide bonds. The van der Waals surface area contributed by atoms with Gasteiger partial charge >= 0.3 is 18.0 Å². The first-order chi connectivity index (χ1) is 9.14. The zero-order chi connectivity index (χ0) is 15.5. The standard InChI is InChI=1S/C13H15F3N2O2/c1-8(2)18(12(20)11(17)19)7-9-5-3-4-6-10(9)13(14,15)16/h3-6,8H,7H2,1-2H3,(H2,17,19). The van der Waals surface area contributed by atoms with Crippen LogP contribution >= 0.6 is 0 Å². The number of hydrogen-bond donors (Lipinski definition) is 1. The average molecular weight is 288 g/mol. The van der Waals surface area contributed by atoms with E-state index in [0.717, 1.165) is 11.0 Å². The minimum absolute atomic E-state index is 0.0803. The molecule has 1 rings (SSSR count). The monoisotopic (exact) mass is 288 g/mol. The second-order valence-electron chi connectivity index (χ2n) is 4.55. The molecule has 0 aromatic heterocycles. The maximum atomic E-state index is 12.9. The van der Waals surface area contributed by atoms with Crippen LogP contribution in [0.15, 0.2) is 24.3 Å². The lowest BCUT2D eigenvalue weighted by molar-refractivity contribution is -0.146. The van der Waals surface area contributed by atoms with Crippen molar-refractivity contribution in [3.63, 3.8) is 0 Å². The molecule has 7 heteroatoms. The van der Waals surface area contributed by atoms with Crippen molar-refractivity contribution >= 4 is 11.8 Å². The van der Waals surface area contributed by atoms with Gasteiger partial charge in [0.25, 0.3) is 0 Å². The summed E-state index contributed by atoms with van der Waals surface area (Å²) >= 11 is 0. The van der Waals surface area contributed by atoms with Crippen LogP contribution in [0.3, 0.4) is 0 Å². The average Bonchev–Trinajstić information content (AvgIpc) is 2.33. The Kier molecular flexibility index (Phi) is 4.75. The molecule has 0 unspecified atom stereocenters. The van der Waals surface area contributed by atoms with Crippen molar-refractivity contribution < 1.29 is 22.8 Å². The molecule has 0 aliphatic carbocycles. The number of amides is 2. The summed E-state index contributed by atoms with van der Waals surface area (Å²) in [7, 11) is 0. The lowest BCUT2D eigenvalue weighted by Crippen LogP contribution is -2.43. The number of carbonyl (C=O) groups excluding carboxylic acids is 2. The van der Waals surface area contributed by atoms with Crippen LogP contribution in [0.5, 0.6) is 0 Å². The Hall–Kier alpha value is -2.05. The van der Waals surface area contributed by atoms with Crippen LogP contribution in [0, 0.1) is 0 Å². The fourth-order valence-electron chi connectivity index (χ4n) is 1.75. The summed E-state index contributed by atoms with van der Waals surface area (Å²) < 4.78 is 38.6. The Bertz CT molecular complexity index is 513. The molecule has 2 N–H and O–H groups in total. The molecule has 0 radical (unpaired) electrons. The van der Waals surface area contributed by atoms with E-state index in [4.69, 9.17) is 5.73 Å². The van der Waals surface area contributed by atoms with Crippen molar-refractivity contribution in [3.8, 4) is 0 Å². The van der Waals surface area contributed by atoms with Crippen LogP contribution in [0.2, 0.25) is 0 Å². The number of hydrogen-bond acceptors (Lipinski definition) is 2. The Morgan fingerprint density at radius 3 is 2.25 bits per heavy atom. The molecule has 1 aromatic rings. The Morgan fingerprint density at radius 2 is 1.80 bits per heavy atom. The van der Waals surface area contributed by atoms with Gasteiger partial charge in [-0.3, -0.25) is 9.59 Å². The molecule has 1 aromatic carbocycles. The highest BCUT2D eigenvalue weighted by Gasteiger charge is 2.34. The quantitative estimate of drug-likeness (QED) is 0.864. The number of nitrogens with two attached hydrogens (primary N) is 1. The van der Waals surface area contributed by atoms with Gasteiger partial charge in [-0.15, -0.1) is 0 Å².